The molecule has 140 valence electrons. The standard InChI is InChI=1S/C18H21N7O2/c1-11-17(13(3)26)12(2)25(24-11)10-16(27)20-8-6-15-21-18(23-22-15)14-5-4-7-19-9-14/h4-5,7,9H,6,8,10H2,1-3H3,(H,20,27)(H,21,22,23). The van der Waals surface area contributed by atoms with Crippen LogP contribution in [-0.2, 0) is 17.8 Å². The van der Waals surface area contributed by atoms with Crippen molar-refractivity contribution in [3.63, 3.8) is 0 Å². The first-order valence-electron chi connectivity index (χ1n) is 8.59. The van der Waals surface area contributed by atoms with Crippen LogP contribution >= 0.6 is 0 Å². The summed E-state index contributed by atoms with van der Waals surface area (Å²) < 4.78 is 1.55. The molecule has 0 aliphatic carbocycles. The van der Waals surface area contributed by atoms with Gasteiger partial charge in [0, 0.05) is 36.6 Å². The molecular formula is C18H21N7O2. The van der Waals surface area contributed by atoms with E-state index in [4.69, 9.17) is 0 Å². The predicted octanol–water partition coefficient (Wildman–Crippen LogP) is 1.24. The number of ketones is 1. The van der Waals surface area contributed by atoms with Crippen LogP contribution in [0, 0.1) is 13.8 Å². The fourth-order valence-corrected chi connectivity index (χ4v) is 2.90. The number of rotatable bonds is 7. The largest absolute Gasteiger partial charge is 0.354 e. The number of aryl methyl sites for hydroxylation is 1. The van der Waals surface area contributed by atoms with E-state index in [1.54, 1.807) is 30.9 Å². The molecule has 3 aromatic heterocycles. The van der Waals surface area contributed by atoms with Gasteiger partial charge < -0.3 is 5.32 Å². The van der Waals surface area contributed by atoms with Crippen molar-refractivity contribution in [1.82, 2.24) is 35.3 Å². The van der Waals surface area contributed by atoms with E-state index >= 15 is 0 Å². The highest BCUT2D eigenvalue weighted by Crippen LogP contribution is 2.14. The molecule has 3 rings (SSSR count). The monoisotopic (exact) mass is 367 g/mol. The molecule has 0 bridgehead atoms. The molecule has 0 aliphatic heterocycles. The molecule has 0 aromatic carbocycles. The molecular weight excluding hydrogens is 346 g/mol. The molecule has 2 N–H and O–H groups in total. The second-order valence-corrected chi connectivity index (χ2v) is 6.21. The summed E-state index contributed by atoms with van der Waals surface area (Å²) in [4.78, 5) is 32.2. The van der Waals surface area contributed by atoms with Crippen LogP contribution in [0.4, 0.5) is 0 Å². The van der Waals surface area contributed by atoms with E-state index in [0.29, 0.717) is 41.6 Å². The average Bonchev–Trinajstić information content (AvgIpc) is 3.20. The lowest BCUT2D eigenvalue weighted by Crippen LogP contribution is -2.30. The molecule has 0 saturated carbocycles. The zero-order valence-electron chi connectivity index (χ0n) is 15.5. The van der Waals surface area contributed by atoms with Crippen molar-refractivity contribution in [2.45, 2.75) is 33.7 Å². The number of hydrogen-bond acceptors (Lipinski definition) is 6. The van der Waals surface area contributed by atoms with Gasteiger partial charge in [0.15, 0.2) is 11.6 Å². The van der Waals surface area contributed by atoms with Gasteiger partial charge in [-0.05, 0) is 32.9 Å². The maximum Gasteiger partial charge on any atom is 0.241 e. The van der Waals surface area contributed by atoms with Gasteiger partial charge >= 0.3 is 0 Å². The van der Waals surface area contributed by atoms with Crippen LogP contribution in [0.15, 0.2) is 24.5 Å². The fraction of sp³-hybridized carbons (Fsp3) is 0.333. The number of Topliss-reactive ketones (excluding diaryl/α,β-unsaturated/α-hetero) is 1. The van der Waals surface area contributed by atoms with Gasteiger partial charge in [0.1, 0.15) is 12.4 Å². The number of pyridine rings is 1. The van der Waals surface area contributed by atoms with E-state index in [9.17, 15) is 9.59 Å². The second kappa shape index (κ2) is 7.90. The first-order valence-corrected chi connectivity index (χ1v) is 8.59. The maximum atomic E-state index is 12.2. The van der Waals surface area contributed by atoms with Crippen molar-refractivity contribution >= 4 is 11.7 Å². The van der Waals surface area contributed by atoms with Gasteiger partial charge in [-0.25, -0.2) is 4.98 Å². The third kappa shape index (κ3) is 4.25. The molecule has 0 saturated heterocycles. The van der Waals surface area contributed by atoms with Crippen LogP contribution in [-0.4, -0.2) is 48.2 Å². The third-order valence-corrected chi connectivity index (χ3v) is 4.16. The molecule has 0 spiro atoms. The number of amides is 1. The van der Waals surface area contributed by atoms with Crippen molar-refractivity contribution in [3.8, 4) is 11.4 Å². The summed E-state index contributed by atoms with van der Waals surface area (Å²) in [6.07, 6.45) is 3.90. The molecule has 0 fully saturated rings. The summed E-state index contributed by atoms with van der Waals surface area (Å²) in [5, 5.41) is 14.1. The molecule has 0 radical (unpaired) electrons. The van der Waals surface area contributed by atoms with E-state index in [2.05, 4.69) is 30.6 Å². The van der Waals surface area contributed by atoms with Crippen LogP contribution in [0.5, 0.6) is 0 Å². The fourth-order valence-electron chi connectivity index (χ4n) is 2.90. The van der Waals surface area contributed by atoms with E-state index in [1.807, 2.05) is 12.1 Å². The maximum absolute atomic E-state index is 12.2. The van der Waals surface area contributed by atoms with Gasteiger partial charge in [0.25, 0.3) is 0 Å². The molecule has 0 unspecified atom stereocenters. The Morgan fingerprint density at radius 2 is 2.11 bits per heavy atom. The molecule has 3 heterocycles. The van der Waals surface area contributed by atoms with Gasteiger partial charge in [0.05, 0.1) is 11.3 Å². The highest BCUT2D eigenvalue weighted by molar-refractivity contribution is 5.96. The van der Waals surface area contributed by atoms with E-state index in [1.165, 1.54) is 6.92 Å². The molecule has 3 aromatic rings. The highest BCUT2D eigenvalue weighted by Gasteiger charge is 2.16. The summed E-state index contributed by atoms with van der Waals surface area (Å²) in [6, 6.07) is 3.70. The Balaban J connectivity index is 1.53. The van der Waals surface area contributed by atoms with Crippen molar-refractivity contribution in [3.05, 3.63) is 47.3 Å². The summed E-state index contributed by atoms with van der Waals surface area (Å²) in [7, 11) is 0. The lowest BCUT2D eigenvalue weighted by Gasteiger charge is -2.06. The molecule has 1 amide bonds. The average molecular weight is 367 g/mol. The van der Waals surface area contributed by atoms with Gasteiger partial charge in [-0.15, -0.1) is 0 Å². The smallest absolute Gasteiger partial charge is 0.241 e. The van der Waals surface area contributed by atoms with E-state index in [0.717, 1.165) is 5.56 Å². The Labute approximate surface area is 156 Å². The zero-order chi connectivity index (χ0) is 19.4. The van der Waals surface area contributed by atoms with Gasteiger partial charge in [0.2, 0.25) is 5.91 Å². The molecule has 9 nitrogen and oxygen atoms in total. The minimum Gasteiger partial charge on any atom is -0.354 e. The summed E-state index contributed by atoms with van der Waals surface area (Å²) in [5.74, 6) is 1.03. The van der Waals surface area contributed by atoms with Gasteiger partial charge in [-0.3, -0.25) is 24.4 Å². The number of carbonyl (C=O) groups is 2. The summed E-state index contributed by atoms with van der Waals surface area (Å²) in [6.45, 7) is 5.54. The van der Waals surface area contributed by atoms with Crippen LogP contribution < -0.4 is 5.32 Å². The van der Waals surface area contributed by atoms with Crippen LogP contribution in [0.25, 0.3) is 11.4 Å². The number of carbonyl (C=O) groups excluding carboxylic acids is 2. The first kappa shape index (κ1) is 18.4. The Morgan fingerprint density at radius 1 is 1.30 bits per heavy atom. The highest BCUT2D eigenvalue weighted by atomic mass is 16.2. The van der Waals surface area contributed by atoms with Crippen molar-refractivity contribution in [1.29, 1.82) is 0 Å². The minimum atomic E-state index is -0.178. The van der Waals surface area contributed by atoms with E-state index < -0.39 is 0 Å². The molecule has 27 heavy (non-hydrogen) atoms. The van der Waals surface area contributed by atoms with Crippen LogP contribution in [0.1, 0.15) is 34.5 Å². The van der Waals surface area contributed by atoms with Crippen molar-refractivity contribution in [2.75, 3.05) is 6.54 Å². The predicted molar refractivity (Wildman–Crippen MR) is 98.0 cm³/mol. The van der Waals surface area contributed by atoms with Crippen LogP contribution in [0.2, 0.25) is 0 Å². The van der Waals surface area contributed by atoms with Gasteiger partial charge in [-0.1, -0.05) is 0 Å². The van der Waals surface area contributed by atoms with Crippen molar-refractivity contribution < 1.29 is 9.59 Å². The van der Waals surface area contributed by atoms with Gasteiger partial charge in [-0.2, -0.15) is 10.2 Å². The summed E-state index contributed by atoms with van der Waals surface area (Å²) in [5.41, 5.74) is 2.74. The quantitative estimate of drug-likeness (QED) is 0.607. The number of aromatic amines is 1. The normalized spacial score (nSPS) is 10.8. The Hall–Kier alpha value is -3.36. The van der Waals surface area contributed by atoms with Crippen LogP contribution in [0.3, 0.4) is 0 Å². The zero-order valence-corrected chi connectivity index (χ0v) is 15.5. The number of nitrogens with zero attached hydrogens (tertiary/aromatic N) is 5. The minimum absolute atomic E-state index is 0.0496. The van der Waals surface area contributed by atoms with Crippen molar-refractivity contribution in [2.24, 2.45) is 0 Å². The van der Waals surface area contributed by atoms with E-state index in [-0.39, 0.29) is 18.2 Å². The number of H-pyrrole nitrogens is 1. The SMILES string of the molecule is CC(=O)c1c(C)nn(CC(=O)NCCc2nc(-c3cccnc3)n[nH]2)c1C. The lowest BCUT2D eigenvalue weighted by atomic mass is 10.1. The molecule has 9 heteroatoms. The number of aromatic nitrogens is 6. The topological polar surface area (TPSA) is 118 Å². The lowest BCUT2D eigenvalue weighted by molar-refractivity contribution is -0.121. The molecule has 0 aliphatic rings. The number of nitrogens with one attached hydrogen (secondary N) is 2. The first-order chi connectivity index (χ1) is 13.0. The summed E-state index contributed by atoms with van der Waals surface area (Å²) >= 11 is 0. The number of hydrogen-bond donors (Lipinski definition) is 2. The third-order valence-electron chi connectivity index (χ3n) is 4.16. The Morgan fingerprint density at radius 3 is 2.78 bits per heavy atom. The Bertz CT molecular complexity index is 960. The molecule has 0 atom stereocenters. The Kier molecular flexibility index (Phi) is 5.39. The second-order valence-electron chi connectivity index (χ2n) is 6.21.